The third-order valence-electron chi connectivity index (χ3n) is 7.66. The number of carbonyl (C=O) groups excluding carboxylic acids is 1. The Hall–Kier alpha value is -5.13. The maximum Gasteiger partial charge on any atom is 0.335 e. The molecule has 0 aliphatic carbocycles. The highest BCUT2D eigenvalue weighted by molar-refractivity contribution is 7.99. The van der Waals surface area contributed by atoms with Crippen LogP contribution in [0.2, 0.25) is 0 Å². The molecule has 1 aliphatic heterocycles. The van der Waals surface area contributed by atoms with Gasteiger partial charge >= 0.3 is 12.0 Å². The molecule has 2 amide bonds. The van der Waals surface area contributed by atoms with Crippen LogP contribution in [0.25, 0.3) is 0 Å². The molecule has 1 aliphatic rings. The standard InChI is InChI=1S/C38H34N2O7S/c41-23-25-9-11-26(12-10-25)35-22-33(24-48-34-19-13-27(14-20-34)36(42)43)46-37(47-35)28-5-4-6-30(21-28)40-38(44)39-29-15-17-32(18-16-29)45-31-7-2-1-3-8-31/h1-21,33,35,37,41H,22-24H2,(H,42,43)(H2,39,40,44)/t33-,35+,37+/m1/s1. The Bertz CT molecular complexity index is 1820. The predicted octanol–water partition coefficient (Wildman–Crippen LogP) is 8.65. The van der Waals surface area contributed by atoms with E-state index in [2.05, 4.69) is 10.6 Å². The van der Waals surface area contributed by atoms with E-state index in [4.69, 9.17) is 14.2 Å². The summed E-state index contributed by atoms with van der Waals surface area (Å²) in [5.74, 6) is 1.04. The molecule has 5 aromatic carbocycles. The van der Waals surface area contributed by atoms with Gasteiger partial charge in [0.25, 0.3) is 0 Å². The number of nitrogens with one attached hydrogen (secondary N) is 2. The normalized spacial score (nSPS) is 17.3. The summed E-state index contributed by atoms with van der Waals surface area (Å²) in [6.07, 6.45) is -0.567. The van der Waals surface area contributed by atoms with Crippen LogP contribution in [0.3, 0.4) is 0 Å². The topological polar surface area (TPSA) is 126 Å². The SMILES string of the molecule is O=C(Nc1ccc(Oc2ccccc2)cc1)Nc1cccc([C@H]2O[C@@H](CSc3ccc(C(=O)O)cc3)C[C@@H](c3ccc(CO)cc3)O2)c1. The van der Waals surface area contributed by atoms with Crippen LogP contribution in [-0.2, 0) is 16.1 Å². The number of hydrogen-bond donors (Lipinski definition) is 4. The van der Waals surface area contributed by atoms with Crippen molar-refractivity contribution in [3.63, 3.8) is 0 Å². The van der Waals surface area contributed by atoms with Gasteiger partial charge < -0.3 is 35.1 Å². The number of anilines is 2. The van der Waals surface area contributed by atoms with Crippen LogP contribution in [-0.4, -0.2) is 34.1 Å². The maximum atomic E-state index is 12.9. The second-order valence-electron chi connectivity index (χ2n) is 11.1. The second kappa shape index (κ2) is 15.6. The average molecular weight is 663 g/mol. The number of aromatic carboxylic acids is 1. The van der Waals surface area contributed by atoms with Gasteiger partial charge in [0.05, 0.1) is 24.4 Å². The minimum absolute atomic E-state index is 0.0428. The molecule has 48 heavy (non-hydrogen) atoms. The molecule has 1 saturated heterocycles. The van der Waals surface area contributed by atoms with Crippen molar-refractivity contribution in [1.29, 1.82) is 0 Å². The zero-order chi connectivity index (χ0) is 33.3. The molecule has 0 aromatic heterocycles. The van der Waals surface area contributed by atoms with E-state index in [0.717, 1.165) is 27.3 Å². The van der Waals surface area contributed by atoms with Gasteiger partial charge in [-0.3, -0.25) is 0 Å². The first-order chi connectivity index (χ1) is 23.4. The lowest BCUT2D eigenvalue weighted by atomic mass is 10.0. The van der Waals surface area contributed by atoms with E-state index in [1.165, 1.54) is 0 Å². The molecule has 0 radical (unpaired) electrons. The Morgan fingerprint density at radius 3 is 2.17 bits per heavy atom. The van der Waals surface area contributed by atoms with Crippen molar-refractivity contribution in [1.82, 2.24) is 0 Å². The van der Waals surface area contributed by atoms with Crippen molar-refractivity contribution in [2.75, 3.05) is 16.4 Å². The lowest BCUT2D eigenvalue weighted by Crippen LogP contribution is -2.31. The minimum atomic E-state index is -0.963. The smallest absolute Gasteiger partial charge is 0.335 e. The van der Waals surface area contributed by atoms with Gasteiger partial charge in [0.15, 0.2) is 6.29 Å². The summed E-state index contributed by atoms with van der Waals surface area (Å²) in [5.41, 5.74) is 3.94. The highest BCUT2D eigenvalue weighted by atomic mass is 32.2. The third-order valence-corrected chi connectivity index (χ3v) is 8.80. The molecular formula is C38H34N2O7S. The first-order valence-corrected chi connectivity index (χ1v) is 16.4. The molecule has 0 saturated carbocycles. The molecule has 1 fully saturated rings. The summed E-state index contributed by atoms with van der Waals surface area (Å²) in [7, 11) is 0. The third kappa shape index (κ3) is 8.81. The molecule has 6 rings (SSSR count). The summed E-state index contributed by atoms with van der Waals surface area (Å²) in [5, 5.41) is 24.5. The van der Waals surface area contributed by atoms with E-state index in [-0.39, 0.29) is 24.4 Å². The average Bonchev–Trinajstić information content (AvgIpc) is 3.12. The Kier molecular flexibility index (Phi) is 10.7. The fourth-order valence-electron chi connectivity index (χ4n) is 5.19. The van der Waals surface area contributed by atoms with E-state index in [0.29, 0.717) is 29.3 Å². The largest absolute Gasteiger partial charge is 0.478 e. The van der Waals surface area contributed by atoms with Crippen molar-refractivity contribution in [2.24, 2.45) is 0 Å². The summed E-state index contributed by atoms with van der Waals surface area (Å²) in [6.45, 7) is -0.0428. The second-order valence-corrected chi connectivity index (χ2v) is 12.2. The molecule has 244 valence electrons. The number of para-hydroxylation sites is 1. The number of amides is 2. The fraction of sp³-hybridized carbons (Fsp3) is 0.158. The van der Waals surface area contributed by atoms with Crippen molar-refractivity contribution in [2.45, 2.75) is 36.4 Å². The highest BCUT2D eigenvalue weighted by Crippen LogP contribution is 2.40. The molecule has 10 heteroatoms. The number of rotatable bonds is 11. The minimum Gasteiger partial charge on any atom is -0.478 e. The molecule has 0 bridgehead atoms. The number of carbonyl (C=O) groups is 2. The molecule has 0 spiro atoms. The highest BCUT2D eigenvalue weighted by Gasteiger charge is 2.32. The van der Waals surface area contributed by atoms with Crippen LogP contribution < -0.4 is 15.4 Å². The van der Waals surface area contributed by atoms with Gasteiger partial charge in [-0.2, -0.15) is 0 Å². The van der Waals surface area contributed by atoms with Gasteiger partial charge in [0.2, 0.25) is 0 Å². The van der Waals surface area contributed by atoms with Crippen molar-refractivity contribution >= 4 is 35.1 Å². The molecule has 3 atom stereocenters. The number of aliphatic hydroxyl groups is 1. The van der Waals surface area contributed by atoms with Crippen LogP contribution in [0, 0.1) is 0 Å². The van der Waals surface area contributed by atoms with Crippen LogP contribution in [0.1, 0.15) is 45.9 Å². The molecule has 1 heterocycles. The number of thioether (sulfide) groups is 1. The Morgan fingerprint density at radius 1 is 0.750 bits per heavy atom. The quantitative estimate of drug-likeness (QED) is 0.104. The number of carboxylic acids is 1. The number of ether oxygens (including phenoxy) is 3. The molecular weight excluding hydrogens is 628 g/mol. The van der Waals surface area contributed by atoms with Gasteiger partial charge in [0, 0.05) is 34.0 Å². The van der Waals surface area contributed by atoms with E-state index in [1.54, 1.807) is 66.4 Å². The molecule has 9 nitrogen and oxygen atoms in total. The van der Waals surface area contributed by atoms with Crippen molar-refractivity contribution in [3.8, 4) is 11.5 Å². The zero-order valence-corrected chi connectivity index (χ0v) is 26.6. The zero-order valence-electron chi connectivity index (χ0n) is 25.8. The Balaban J connectivity index is 1.12. The summed E-state index contributed by atoms with van der Waals surface area (Å²) >= 11 is 1.58. The summed E-state index contributed by atoms with van der Waals surface area (Å²) in [4.78, 5) is 25.1. The number of aliphatic hydroxyl groups excluding tert-OH is 1. The predicted molar refractivity (Wildman–Crippen MR) is 185 cm³/mol. The van der Waals surface area contributed by atoms with E-state index in [9.17, 15) is 19.8 Å². The van der Waals surface area contributed by atoms with E-state index >= 15 is 0 Å². The van der Waals surface area contributed by atoms with Crippen molar-refractivity contribution < 1.29 is 34.0 Å². The van der Waals surface area contributed by atoms with Crippen LogP contribution in [0.15, 0.2) is 132 Å². The summed E-state index contributed by atoms with van der Waals surface area (Å²) < 4.78 is 18.7. The molecule has 5 aromatic rings. The first kappa shape index (κ1) is 32.8. The Labute approximate surface area is 282 Å². The van der Waals surface area contributed by atoms with E-state index in [1.807, 2.05) is 72.8 Å². The monoisotopic (exact) mass is 662 g/mol. The lowest BCUT2D eigenvalue weighted by Gasteiger charge is -2.36. The fourth-order valence-corrected chi connectivity index (χ4v) is 6.11. The number of benzene rings is 5. The van der Waals surface area contributed by atoms with Gasteiger partial charge in [-0.15, -0.1) is 11.8 Å². The molecule has 0 unspecified atom stereocenters. The van der Waals surface area contributed by atoms with Crippen LogP contribution >= 0.6 is 11.8 Å². The summed E-state index contributed by atoms with van der Waals surface area (Å²) in [6, 6.07) is 38.0. The number of carboxylic acid groups (broad SMARTS) is 1. The number of hydrogen-bond acceptors (Lipinski definition) is 7. The first-order valence-electron chi connectivity index (χ1n) is 15.4. The Morgan fingerprint density at radius 2 is 1.46 bits per heavy atom. The van der Waals surface area contributed by atoms with E-state index < -0.39 is 18.3 Å². The van der Waals surface area contributed by atoms with Gasteiger partial charge in [-0.1, -0.05) is 54.6 Å². The lowest BCUT2D eigenvalue weighted by molar-refractivity contribution is -0.245. The van der Waals surface area contributed by atoms with Crippen LogP contribution in [0.5, 0.6) is 11.5 Å². The van der Waals surface area contributed by atoms with Crippen LogP contribution in [0.4, 0.5) is 16.2 Å². The van der Waals surface area contributed by atoms with Gasteiger partial charge in [-0.25, -0.2) is 9.59 Å². The maximum absolute atomic E-state index is 12.9. The van der Waals surface area contributed by atoms with Gasteiger partial charge in [0.1, 0.15) is 11.5 Å². The number of urea groups is 1. The van der Waals surface area contributed by atoms with Gasteiger partial charge in [-0.05, 0) is 83.9 Å². The molecule has 4 N–H and O–H groups in total. The van der Waals surface area contributed by atoms with Crippen molar-refractivity contribution in [3.05, 3.63) is 150 Å².